The van der Waals surface area contributed by atoms with Gasteiger partial charge >= 0.3 is 0 Å². The molecule has 23 heavy (non-hydrogen) atoms. The lowest BCUT2D eigenvalue weighted by Crippen LogP contribution is -2.33. The zero-order valence-corrected chi connectivity index (χ0v) is 15.8. The van der Waals surface area contributed by atoms with Crippen LogP contribution in [0.3, 0.4) is 0 Å². The number of hydrogen-bond acceptors (Lipinski definition) is 4. The summed E-state index contributed by atoms with van der Waals surface area (Å²) in [5.41, 5.74) is 0.458. The Morgan fingerprint density at radius 1 is 1.30 bits per heavy atom. The molecule has 1 amide bonds. The average molecular weight is 405 g/mol. The molecule has 0 fully saturated rings. The van der Waals surface area contributed by atoms with Crippen molar-refractivity contribution in [3.63, 3.8) is 0 Å². The zero-order chi connectivity index (χ0) is 17.2. The SMILES string of the molecule is CC(C)CCC(C)NS(=O)(=O)c1cc2c(cc1Br)NC(=O)CO2. The molecule has 1 aliphatic rings. The van der Waals surface area contributed by atoms with Crippen LogP contribution in [0.4, 0.5) is 5.69 Å². The van der Waals surface area contributed by atoms with Crippen LogP contribution in [0.5, 0.6) is 5.75 Å². The molecule has 1 aromatic rings. The van der Waals surface area contributed by atoms with Gasteiger partial charge in [-0.15, -0.1) is 0 Å². The second-order valence-electron chi connectivity index (χ2n) is 6.11. The van der Waals surface area contributed by atoms with Crippen LogP contribution >= 0.6 is 15.9 Å². The number of carbonyl (C=O) groups excluding carboxylic acids is 1. The molecule has 1 atom stereocenters. The summed E-state index contributed by atoms with van der Waals surface area (Å²) in [6, 6.07) is 2.81. The maximum absolute atomic E-state index is 12.6. The van der Waals surface area contributed by atoms with Gasteiger partial charge in [0.05, 0.1) is 10.6 Å². The van der Waals surface area contributed by atoms with E-state index in [1.54, 1.807) is 6.07 Å². The third-order valence-corrected chi connectivity index (χ3v) is 6.04. The highest BCUT2D eigenvalue weighted by molar-refractivity contribution is 9.10. The molecule has 1 aromatic carbocycles. The first kappa shape index (κ1) is 18.2. The molecular formula is C15H21BrN2O4S. The average Bonchev–Trinajstić information content (AvgIpc) is 2.43. The predicted molar refractivity (Wildman–Crippen MR) is 92.1 cm³/mol. The number of halogens is 1. The van der Waals surface area contributed by atoms with Crippen LogP contribution < -0.4 is 14.8 Å². The van der Waals surface area contributed by atoms with Gasteiger partial charge in [-0.1, -0.05) is 13.8 Å². The topological polar surface area (TPSA) is 84.5 Å². The lowest BCUT2D eigenvalue weighted by Gasteiger charge is -2.21. The van der Waals surface area contributed by atoms with Gasteiger partial charge in [-0.3, -0.25) is 4.79 Å². The van der Waals surface area contributed by atoms with Crippen molar-refractivity contribution in [2.75, 3.05) is 11.9 Å². The smallest absolute Gasteiger partial charge is 0.262 e. The van der Waals surface area contributed by atoms with Crippen molar-refractivity contribution in [2.24, 2.45) is 5.92 Å². The summed E-state index contributed by atoms with van der Waals surface area (Å²) < 4.78 is 33.5. The van der Waals surface area contributed by atoms with Crippen LogP contribution in [0.2, 0.25) is 0 Å². The van der Waals surface area contributed by atoms with Gasteiger partial charge in [0.2, 0.25) is 10.0 Å². The molecule has 1 heterocycles. The van der Waals surface area contributed by atoms with Gasteiger partial charge in [0.25, 0.3) is 5.91 Å². The van der Waals surface area contributed by atoms with E-state index in [0.29, 0.717) is 21.8 Å². The van der Waals surface area contributed by atoms with Crippen molar-refractivity contribution in [1.29, 1.82) is 0 Å². The van der Waals surface area contributed by atoms with E-state index in [1.807, 2.05) is 6.92 Å². The maximum atomic E-state index is 12.6. The second-order valence-corrected chi connectivity index (χ2v) is 8.65. The summed E-state index contributed by atoms with van der Waals surface area (Å²) in [7, 11) is -3.67. The Bertz CT molecular complexity index is 704. The Labute approximate surface area is 145 Å². The van der Waals surface area contributed by atoms with E-state index in [0.717, 1.165) is 12.8 Å². The number of anilines is 1. The Kier molecular flexibility index (Phi) is 5.70. The van der Waals surface area contributed by atoms with E-state index in [1.165, 1.54) is 6.07 Å². The van der Waals surface area contributed by atoms with E-state index >= 15 is 0 Å². The van der Waals surface area contributed by atoms with Crippen LogP contribution in [-0.2, 0) is 14.8 Å². The van der Waals surface area contributed by atoms with E-state index in [-0.39, 0.29) is 23.5 Å². The molecule has 0 aromatic heterocycles. The Morgan fingerprint density at radius 3 is 2.65 bits per heavy atom. The van der Waals surface area contributed by atoms with Crippen LogP contribution in [0.15, 0.2) is 21.5 Å². The standard InChI is InChI=1S/C15H21BrN2O4S/c1-9(2)4-5-10(3)18-23(20,21)14-7-13-12(6-11(14)16)17-15(19)8-22-13/h6-7,9-10,18H,4-5,8H2,1-3H3,(H,17,19). The number of hydrogen-bond donors (Lipinski definition) is 2. The first-order valence-electron chi connectivity index (χ1n) is 7.47. The fourth-order valence-electron chi connectivity index (χ4n) is 2.26. The van der Waals surface area contributed by atoms with Gasteiger partial charge in [0.1, 0.15) is 5.75 Å². The largest absolute Gasteiger partial charge is 0.482 e. The number of rotatable bonds is 6. The van der Waals surface area contributed by atoms with Crippen LogP contribution in [0.25, 0.3) is 0 Å². The Hall–Kier alpha value is -1.12. The van der Waals surface area contributed by atoms with Crippen molar-refractivity contribution in [3.8, 4) is 5.75 Å². The van der Waals surface area contributed by atoms with Gasteiger partial charge in [-0.25, -0.2) is 13.1 Å². The van der Waals surface area contributed by atoms with E-state index in [2.05, 4.69) is 39.8 Å². The lowest BCUT2D eigenvalue weighted by atomic mass is 10.1. The number of nitrogens with one attached hydrogen (secondary N) is 2. The van der Waals surface area contributed by atoms with Crippen molar-refractivity contribution in [1.82, 2.24) is 4.72 Å². The van der Waals surface area contributed by atoms with Crippen LogP contribution in [0.1, 0.15) is 33.6 Å². The number of ether oxygens (including phenoxy) is 1. The van der Waals surface area contributed by atoms with Crippen molar-refractivity contribution >= 4 is 37.5 Å². The van der Waals surface area contributed by atoms with Gasteiger partial charge in [0, 0.05) is 16.6 Å². The van der Waals surface area contributed by atoms with E-state index in [4.69, 9.17) is 4.74 Å². The van der Waals surface area contributed by atoms with Gasteiger partial charge in [0.15, 0.2) is 6.61 Å². The third-order valence-electron chi connectivity index (χ3n) is 3.49. The summed E-state index contributed by atoms with van der Waals surface area (Å²) in [5, 5.41) is 2.64. The summed E-state index contributed by atoms with van der Waals surface area (Å²) >= 11 is 3.26. The Morgan fingerprint density at radius 2 is 2.00 bits per heavy atom. The molecule has 0 radical (unpaired) electrons. The highest BCUT2D eigenvalue weighted by atomic mass is 79.9. The molecular weight excluding hydrogens is 384 g/mol. The summed E-state index contributed by atoms with van der Waals surface area (Å²) in [6.07, 6.45) is 1.72. The molecule has 1 aliphatic heterocycles. The quantitative estimate of drug-likeness (QED) is 0.762. The molecule has 0 bridgehead atoms. The second kappa shape index (κ2) is 7.19. The number of benzene rings is 1. The number of fused-ring (bicyclic) bond motifs is 1. The van der Waals surface area contributed by atoms with Gasteiger partial charge in [-0.2, -0.15) is 0 Å². The van der Waals surface area contributed by atoms with E-state index < -0.39 is 10.0 Å². The summed E-state index contributed by atoms with van der Waals surface area (Å²) in [4.78, 5) is 11.4. The third kappa shape index (κ3) is 4.68. The fraction of sp³-hybridized carbons (Fsp3) is 0.533. The number of amides is 1. The van der Waals surface area contributed by atoms with Crippen molar-refractivity contribution in [2.45, 2.75) is 44.6 Å². The highest BCUT2D eigenvalue weighted by Crippen LogP contribution is 2.35. The lowest BCUT2D eigenvalue weighted by molar-refractivity contribution is -0.118. The minimum absolute atomic E-state index is 0.101. The molecule has 1 unspecified atom stereocenters. The minimum Gasteiger partial charge on any atom is -0.482 e. The molecule has 0 saturated carbocycles. The van der Waals surface area contributed by atoms with Crippen LogP contribution in [-0.4, -0.2) is 27.0 Å². The first-order valence-corrected chi connectivity index (χ1v) is 9.75. The molecule has 0 spiro atoms. The summed E-state index contributed by atoms with van der Waals surface area (Å²) in [5.74, 6) is 0.609. The molecule has 2 N–H and O–H groups in total. The molecule has 0 saturated heterocycles. The van der Waals surface area contributed by atoms with Gasteiger partial charge < -0.3 is 10.1 Å². The minimum atomic E-state index is -3.67. The molecule has 128 valence electrons. The predicted octanol–water partition coefficient (Wildman–Crippen LogP) is 2.88. The first-order chi connectivity index (χ1) is 10.7. The monoisotopic (exact) mass is 404 g/mol. The molecule has 8 heteroatoms. The number of sulfonamides is 1. The molecule has 2 rings (SSSR count). The van der Waals surface area contributed by atoms with Gasteiger partial charge in [-0.05, 0) is 47.7 Å². The van der Waals surface area contributed by atoms with Crippen molar-refractivity contribution < 1.29 is 17.9 Å². The summed E-state index contributed by atoms with van der Waals surface area (Å²) in [6.45, 7) is 5.94. The van der Waals surface area contributed by atoms with Crippen molar-refractivity contribution in [3.05, 3.63) is 16.6 Å². The highest BCUT2D eigenvalue weighted by Gasteiger charge is 2.25. The molecule has 6 nitrogen and oxygen atoms in total. The maximum Gasteiger partial charge on any atom is 0.262 e. The molecule has 0 aliphatic carbocycles. The zero-order valence-electron chi connectivity index (χ0n) is 13.3. The normalized spacial score (nSPS) is 15.8. The Balaban J connectivity index is 2.21. The number of carbonyl (C=O) groups is 1. The fourth-order valence-corrected chi connectivity index (χ4v) is 4.59. The van der Waals surface area contributed by atoms with Crippen LogP contribution in [0, 0.1) is 5.92 Å². The van der Waals surface area contributed by atoms with E-state index in [9.17, 15) is 13.2 Å².